The number of nitrogens with one attached hydrogen (secondary N) is 3. The molecule has 27 heavy (non-hydrogen) atoms. The fourth-order valence-corrected chi connectivity index (χ4v) is 3.79. The van der Waals surface area contributed by atoms with Crippen LogP contribution in [0, 0.1) is 6.92 Å². The van der Waals surface area contributed by atoms with Crippen molar-refractivity contribution in [1.82, 2.24) is 20.6 Å². The summed E-state index contributed by atoms with van der Waals surface area (Å²) in [5.41, 5.74) is 5.12. The van der Waals surface area contributed by atoms with Crippen molar-refractivity contribution >= 4 is 52.2 Å². The SMILES string of the molecule is CCc1cccc2c(CCNC(=NC)NCCc3csc(C)n3)c[nH]c12.I. The zero-order valence-electron chi connectivity index (χ0n) is 16.1. The Morgan fingerprint density at radius 3 is 2.63 bits per heavy atom. The molecule has 0 unspecified atom stereocenters. The van der Waals surface area contributed by atoms with Crippen LogP contribution in [0.2, 0.25) is 0 Å². The summed E-state index contributed by atoms with van der Waals surface area (Å²) in [7, 11) is 1.81. The summed E-state index contributed by atoms with van der Waals surface area (Å²) >= 11 is 1.70. The van der Waals surface area contributed by atoms with Crippen molar-refractivity contribution in [3.8, 4) is 0 Å². The van der Waals surface area contributed by atoms with Gasteiger partial charge in [-0.25, -0.2) is 4.98 Å². The zero-order chi connectivity index (χ0) is 18.4. The van der Waals surface area contributed by atoms with Gasteiger partial charge in [-0.3, -0.25) is 4.99 Å². The van der Waals surface area contributed by atoms with Crippen LogP contribution in [0.1, 0.15) is 28.8 Å². The summed E-state index contributed by atoms with van der Waals surface area (Å²) in [6.07, 6.45) is 5.04. The highest BCUT2D eigenvalue weighted by Crippen LogP contribution is 2.22. The number of aromatic nitrogens is 2. The number of aliphatic imine (C=N–C) groups is 1. The Labute approximate surface area is 182 Å². The molecule has 0 saturated heterocycles. The first kappa shape index (κ1) is 21.7. The van der Waals surface area contributed by atoms with Gasteiger partial charge in [-0.1, -0.05) is 25.1 Å². The number of rotatable bonds is 7. The lowest BCUT2D eigenvalue weighted by molar-refractivity contribution is 0.778. The van der Waals surface area contributed by atoms with E-state index in [0.717, 1.165) is 49.0 Å². The number of aryl methyl sites for hydroxylation is 2. The minimum Gasteiger partial charge on any atom is -0.361 e. The normalized spacial score (nSPS) is 11.4. The summed E-state index contributed by atoms with van der Waals surface area (Å²) in [5.74, 6) is 0.839. The number of thiazole rings is 1. The summed E-state index contributed by atoms with van der Waals surface area (Å²) in [4.78, 5) is 12.2. The lowest BCUT2D eigenvalue weighted by atomic mass is 10.1. The smallest absolute Gasteiger partial charge is 0.190 e. The van der Waals surface area contributed by atoms with Gasteiger partial charge in [-0.05, 0) is 30.9 Å². The highest BCUT2D eigenvalue weighted by Gasteiger charge is 2.07. The average molecular weight is 497 g/mol. The monoisotopic (exact) mass is 497 g/mol. The largest absolute Gasteiger partial charge is 0.361 e. The lowest BCUT2D eigenvalue weighted by Gasteiger charge is -2.11. The topological polar surface area (TPSA) is 65.1 Å². The van der Waals surface area contributed by atoms with Crippen molar-refractivity contribution < 1.29 is 0 Å². The number of benzene rings is 1. The number of para-hydroxylation sites is 1. The van der Waals surface area contributed by atoms with Crippen LogP contribution < -0.4 is 10.6 Å². The predicted octanol–water partition coefficient (Wildman–Crippen LogP) is 4.06. The maximum Gasteiger partial charge on any atom is 0.190 e. The van der Waals surface area contributed by atoms with E-state index in [0.29, 0.717) is 0 Å². The summed E-state index contributed by atoms with van der Waals surface area (Å²) in [6.45, 7) is 5.91. The van der Waals surface area contributed by atoms with Crippen LogP contribution >= 0.6 is 35.3 Å². The van der Waals surface area contributed by atoms with E-state index in [9.17, 15) is 0 Å². The molecule has 2 heterocycles. The second-order valence-electron chi connectivity index (χ2n) is 6.29. The number of hydrogen-bond acceptors (Lipinski definition) is 3. The molecular formula is C20H28IN5S. The van der Waals surface area contributed by atoms with Crippen LogP contribution in [0.3, 0.4) is 0 Å². The van der Waals surface area contributed by atoms with Crippen molar-refractivity contribution in [3.05, 3.63) is 51.6 Å². The third kappa shape index (κ3) is 5.68. The molecule has 2 aromatic heterocycles. The van der Waals surface area contributed by atoms with E-state index in [2.05, 4.69) is 62.3 Å². The zero-order valence-corrected chi connectivity index (χ0v) is 19.3. The van der Waals surface area contributed by atoms with Gasteiger partial charge in [0.05, 0.1) is 10.7 Å². The quantitative estimate of drug-likeness (QED) is 0.262. The first-order chi connectivity index (χ1) is 12.7. The molecular weight excluding hydrogens is 469 g/mol. The molecule has 3 rings (SSSR count). The molecule has 0 amide bonds. The van der Waals surface area contributed by atoms with Crippen LogP contribution in [0.5, 0.6) is 0 Å². The second-order valence-corrected chi connectivity index (χ2v) is 7.35. The Bertz CT molecular complexity index is 884. The van der Waals surface area contributed by atoms with Crippen LogP contribution in [0.4, 0.5) is 0 Å². The van der Waals surface area contributed by atoms with Gasteiger partial charge in [0.25, 0.3) is 0 Å². The van der Waals surface area contributed by atoms with Gasteiger partial charge in [-0.2, -0.15) is 0 Å². The van der Waals surface area contributed by atoms with Gasteiger partial charge in [0, 0.05) is 49.0 Å². The molecule has 0 spiro atoms. The molecule has 0 saturated carbocycles. The molecule has 146 valence electrons. The number of fused-ring (bicyclic) bond motifs is 1. The van der Waals surface area contributed by atoms with Gasteiger partial charge in [0.2, 0.25) is 0 Å². The summed E-state index contributed by atoms with van der Waals surface area (Å²) in [5, 5.41) is 11.3. The van der Waals surface area contributed by atoms with Crippen molar-refractivity contribution in [2.24, 2.45) is 4.99 Å². The first-order valence-electron chi connectivity index (χ1n) is 9.14. The van der Waals surface area contributed by atoms with E-state index >= 15 is 0 Å². The third-order valence-corrected chi connectivity index (χ3v) is 5.34. The fraction of sp³-hybridized carbons (Fsp3) is 0.400. The Balaban J connectivity index is 0.00000261. The minimum atomic E-state index is 0. The van der Waals surface area contributed by atoms with Crippen LogP contribution in [0.25, 0.3) is 10.9 Å². The maximum absolute atomic E-state index is 4.49. The van der Waals surface area contributed by atoms with E-state index in [1.165, 1.54) is 22.0 Å². The van der Waals surface area contributed by atoms with Crippen molar-refractivity contribution in [2.75, 3.05) is 20.1 Å². The van der Waals surface area contributed by atoms with Gasteiger partial charge >= 0.3 is 0 Å². The van der Waals surface area contributed by atoms with E-state index in [1.807, 2.05) is 14.0 Å². The average Bonchev–Trinajstić information content (AvgIpc) is 3.26. The van der Waals surface area contributed by atoms with E-state index in [4.69, 9.17) is 0 Å². The van der Waals surface area contributed by atoms with Crippen molar-refractivity contribution in [1.29, 1.82) is 0 Å². The predicted molar refractivity (Wildman–Crippen MR) is 127 cm³/mol. The Hall–Kier alpha value is -1.61. The van der Waals surface area contributed by atoms with E-state index in [1.54, 1.807) is 11.3 Å². The van der Waals surface area contributed by atoms with E-state index < -0.39 is 0 Å². The standard InChI is InChI=1S/C20H27N5S.HI/c1-4-15-6-5-7-18-16(12-24-19(15)18)8-10-22-20(21-3)23-11-9-17-13-26-14(2)25-17;/h5-7,12-13,24H,4,8-11H2,1-3H3,(H2,21,22,23);1H. The number of guanidine groups is 1. The molecule has 0 aliphatic rings. The van der Waals surface area contributed by atoms with Crippen molar-refractivity contribution in [2.45, 2.75) is 33.1 Å². The fourth-order valence-electron chi connectivity index (χ4n) is 3.14. The van der Waals surface area contributed by atoms with Gasteiger partial charge in [0.1, 0.15) is 0 Å². The number of nitrogens with zero attached hydrogens (tertiary/aromatic N) is 2. The van der Waals surface area contributed by atoms with Crippen molar-refractivity contribution in [3.63, 3.8) is 0 Å². The molecule has 0 fully saturated rings. The Morgan fingerprint density at radius 1 is 1.19 bits per heavy atom. The lowest BCUT2D eigenvalue weighted by Crippen LogP contribution is -2.39. The number of aromatic amines is 1. The molecule has 0 aliphatic heterocycles. The highest BCUT2D eigenvalue weighted by atomic mass is 127. The van der Waals surface area contributed by atoms with Crippen LogP contribution in [-0.2, 0) is 19.3 Å². The molecule has 1 aromatic carbocycles. The Morgan fingerprint density at radius 2 is 1.96 bits per heavy atom. The molecule has 5 nitrogen and oxygen atoms in total. The molecule has 0 aliphatic carbocycles. The summed E-state index contributed by atoms with van der Waals surface area (Å²) in [6, 6.07) is 6.53. The second kappa shape index (κ2) is 10.7. The minimum absolute atomic E-state index is 0. The van der Waals surface area contributed by atoms with E-state index in [-0.39, 0.29) is 24.0 Å². The Kier molecular flexibility index (Phi) is 8.56. The molecule has 3 aromatic rings. The van der Waals surface area contributed by atoms with Gasteiger partial charge < -0.3 is 15.6 Å². The van der Waals surface area contributed by atoms with Crippen LogP contribution in [0.15, 0.2) is 34.8 Å². The molecule has 7 heteroatoms. The number of halogens is 1. The number of H-pyrrole nitrogens is 1. The molecule has 0 radical (unpaired) electrons. The van der Waals surface area contributed by atoms with Crippen LogP contribution in [-0.4, -0.2) is 36.1 Å². The number of hydrogen-bond donors (Lipinski definition) is 3. The molecule has 0 atom stereocenters. The summed E-state index contributed by atoms with van der Waals surface area (Å²) < 4.78 is 0. The van der Waals surface area contributed by atoms with Gasteiger partial charge in [0.15, 0.2) is 5.96 Å². The first-order valence-corrected chi connectivity index (χ1v) is 10.0. The maximum atomic E-state index is 4.49. The molecule has 0 bridgehead atoms. The third-order valence-electron chi connectivity index (χ3n) is 4.52. The molecule has 3 N–H and O–H groups in total. The highest BCUT2D eigenvalue weighted by molar-refractivity contribution is 14.0. The van der Waals surface area contributed by atoms with Gasteiger partial charge in [-0.15, -0.1) is 35.3 Å².